The second-order valence-electron chi connectivity index (χ2n) is 6.33. The molecule has 6 heteroatoms. The number of benzene rings is 1. The van der Waals surface area contributed by atoms with Gasteiger partial charge in [-0.1, -0.05) is 18.2 Å². The summed E-state index contributed by atoms with van der Waals surface area (Å²) < 4.78 is 27.3. The molecule has 0 saturated heterocycles. The van der Waals surface area contributed by atoms with E-state index in [1.807, 2.05) is 18.2 Å². The van der Waals surface area contributed by atoms with Gasteiger partial charge in [0.15, 0.2) is 0 Å². The van der Waals surface area contributed by atoms with Gasteiger partial charge in [-0.2, -0.15) is 0 Å². The first-order chi connectivity index (χ1) is 12.7. The molecule has 3 heterocycles. The maximum atomic E-state index is 13.7. The third kappa shape index (κ3) is 3.35. The maximum absolute atomic E-state index is 13.7. The van der Waals surface area contributed by atoms with E-state index < -0.39 is 11.6 Å². The van der Waals surface area contributed by atoms with E-state index in [9.17, 15) is 8.78 Å². The molecule has 4 rings (SSSR count). The molecule has 26 heavy (non-hydrogen) atoms. The molecule has 3 aromatic rings. The number of rotatable bonds is 5. The van der Waals surface area contributed by atoms with Crippen molar-refractivity contribution in [1.29, 1.82) is 0 Å². The second-order valence-corrected chi connectivity index (χ2v) is 6.33. The average Bonchev–Trinajstić information content (AvgIpc) is 3.06. The predicted molar refractivity (Wildman–Crippen MR) is 97.1 cm³/mol. The second kappa shape index (κ2) is 7.07. The zero-order valence-electron chi connectivity index (χ0n) is 14.0. The van der Waals surface area contributed by atoms with Crippen molar-refractivity contribution < 1.29 is 8.78 Å². The highest BCUT2D eigenvalue weighted by Crippen LogP contribution is 2.31. The Kier molecular flexibility index (Phi) is 4.48. The number of fused-ring (bicyclic) bond motifs is 1. The molecular weight excluding hydrogens is 334 g/mol. The first kappa shape index (κ1) is 16.4. The van der Waals surface area contributed by atoms with Gasteiger partial charge in [0.2, 0.25) is 0 Å². The first-order valence-corrected chi connectivity index (χ1v) is 8.51. The fraction of sp³-hybridized carbons (Fsp3) is 0.200. The first-order valence-electron chi connectivity index (χ1n) is 8.51. The number of hydrogen-bond donors (Lipinski definition) is 2. The fourth-order valence-electron chi connectivity index (χ4n) is 3.22. The Morgan fingerprint density at radius 1 is 1.04 bits per heavy atom. The van der Waals surface area contributed by atoms with Crippen LogP contribution in [-0.4, -0.2) is 16.5 Å². The van der Waals surface area contributed by atoms with Crippen molar-refractivity contribution in [2.75, 3.05) is 17.2 Å². The van der Waals surface area contributed by atoms with Crippen LogP contribution in [0.3, 0.4) is 0 Å². The van der Waals surface area contributed by atoms with Crippen LogP contribution in [0, 0.1) is 11.6 Å². The summed E-state index contributed by atoms with van der Waals surface area (Å²) in [6.45, 7) is 0.912. The Morgan fingerprint density at radius 3 is 2.65 bits per heavy atom. The molecule has 0 amide bonds. The molecule has 1 aliphatic heterocycles. The molecule has 0 fully saturated rings. The van der Waals surface area contributed by atoms with Crippen molar-refractivity contribution in [1.82, 2.24) is 9.97 Å². The van der Waals surface area contributed by atoms with Crippen LogP contribution in [0.15, 0.2) is 54.9 Å². The smallest absolute Gasteiger partial charge is 0.131 e. The molecule has 1 atom stereocenters. The standard InChI is InChI=1S/C20H18F2N4/c21-17-4-1-5-18(22)16(17)12-25-19-7-6-13(10-24-19)9-14-11-26-20-15(14)3-2-8-23-20/h1-8,10,14H,9,11-12H2,(H,23,26)(H,24,25). The van der Waals surface area contributed by atoms with Gasteiger partial charge in [-0.05, 0) is 41.8 Å². The summed E-state index contributed by atoms with van der Waals surface area (Å²) >= 11 is 0. The van der Waals surface area contributed by atoms with Crippen molar-refractivity contribution in [3.05, 3.63) is 83.2 Å². The number of hydrogen-bond acceptors (Lipinski definition) is 4. The highest BCUT2D eigenvalue weighted by atomic mass is 19.1. The van der Waals surface area contributed by atoms with Gasteiger partial charge in [-0.25, -0.2) is 18.7 Å². The van der Waals surface area contributed by atoms with Gasteiger partial charge in [-0.15, -0.1) is 0 Å². The number of halogens is 2. The molecule has 0 radical (unpaired) electrons. The average molecular weight is 352 g/mol. The van der Waals surface area contributed by atoms with Crippen LogP contribution >= 0.6 is 0 Å². The van der Waals surface area contributed by atoms with Crippen LogP contribution in [0.4, 0.5) is 20.4 Å². The Balaban J connectivity index is 1.40. The molecule has 1 aromatic carbocycles. The SMILES string of the molecule is Fc1cccc(F)c1CNc1ccc(CC2CNc3ncccc32)cn1. The highest BCUT2D eigenvalue weighted by molar-refractivity contribution is 5.52. The van der Waals surface area contributed by atoms with Gasteiger partial charge in [0.25, 0.3) is 0 Å². The molecule has 1 unspecified atom stereocenters. The van der Waals surface area contributed by atoms with Crippen LogP contribution in [0.2, 0.25) is 0 Å². The minimum Gasteiger partial charge on any atom is -0.369 e. The lowest BCUT2D eigenvalue weighted by molar-refractivity contribution is 0.560. The van der Waals surface area contributed by atoms with E-state index in [0.29, 0.717) is 11.7 Å². The van der Waals surface area contributed by atoms with Gasteiger partial charge >= 0.3 is 0 Å². The maximum Gasteiger partial charge on any atom is 0.131 e. The highest BCUT2D eigenvalue weighted by Gasteiger charge is 2.22. The summed E-state index contributed by atoms with van der Waals surface area (Å²) in [4.78, 5) is 8.69. The summed E-state index contributed by atoms with van der Waals surface area (Å²) in [7, 11) is 0. The van der Waals surface area contributed by atoms with Crippen LogP contribution in [-0.2, 0) is 13.0 Å². The van der Waals surface area contributed by atoms with Crippen molar-refractivity contribution >= 4 is 11.6 Å². The van der Waals surface area contributed by atoms with Crippen LogP contribution in [0.1, 0.15) is 22.6 Å². The van der Waals surface area contributed by atoms with Crippen molar-refractivity contribution in [2.45, 2.75) is 18.9 Å². The Bertz CT molecular complexity index is 892. The summed E-state index contributed by atoms with van der Waals surface area (Å²) in [6, 6.07) is 11.7. The number of anilines is 2. The Hall–Kier alpha value is -3.02. The molecule has 2 N–H and O–H groups in total. The largest absolute Gasteiger partial charge is 0.369 e. The Morgan fingerprint density at radius 2 is 1.88 bits per heavy atom. The molecule has 1 aliphatic rings. The minimum absolute atomic E-state index is 0.0134. The van der Waals surface area contributed by atoms with E-state index in [4.69, 9.17) is 0 Å². The summed E-state index contributed by atoms with van der Waals surface area (Å²) in [6.07, 6.45) is 4.45. The molecule has 2 aromatic heterocycles. The lowest BCUT2D eigenvalue weighted by atomic mass is 9.96. The quantitative estimate of drug-likeness (QED) is 0.725. The van der Waals surface area contributed by atoms with Gasteiger partial charge < -0.3 is 10.6 Å². The van der Waals surface area contributed by atoms with Crippen molar-refractivity contribution in [3.63, 3.8) is 0 Å². The van der Waals surface area contributed by atoms with Gasteiger partial charge in [0.1, 0.15) is 23.3 Å². The number of nitrogens with zero attached hydrogens (tertiary/aromatic N) is 2. The molecule has 0 spiro atoms. The predicted octanol–water partition coefficient (Wildman–Crippen LogP) is 4.12. The number of nitrogens with one attached hydrogen (secondary N) is 2. The summed E-state index contributed by atoms with van der Waals surface area (Å²) in [5.41, 5.74) is 2.35. The summed E-state index contributed by atoms with van der Waals surface area (Å²) in [5, 5.41) is 6.28. The molecule has 0 bridgehead atoms. The monoisotopic (exact) mass is 352 g/mol. The third-order valence-corrected chi connectivity index (χ3v) is 4.61. The minimum atomic E-state index is -0.560. The lowest BCUT2D eigenvalue weighted by Gasteiger charge is -2.11. The zero-order valence-corrected chi connectivity index (χ0v) is 14.0. The fourth-order valence-corrected chi connectivity index (χ4v) is 3.22. The van der Waals surface area contributed by atoms with Crippen molar-refractivity contribution in [3.8, 4) is 0 Å². The van der Waals surface area contributed by atoms with E-state index in [0.717, 1.165) is 24.3 Å². The molecule has 0 aliphatic carbocycles. The zero-order chi connectivity index (χ0) is 17.9. The van der Waals surface area contributed by atoms with Gasteiger partial charge in [-0.3, -0.25) is 0 Å². The van der Waals surface area contributed by atoms with Gasteiger partial charge in [0, 0.05) is 37.0 Å². The molecule has 132 valence electrons. The van der Waals surface area contributed by atoms with E-state index in [2.05, 4.69) is 26.7 Å². The van der Waals surface area contributed by atoms with E-state index >= 15 is 0 Å². The third-order valence-electron chi connectivity index (χ3n) is 4.61. The van der Waals surface area contributed by atoms with Crippen LogP contribution < -0.4 is 10.6 Å². The molecule has 4 nitrogen and oxygen atoms in total. The normalized spacial score (nSPS) is 15.4. The summed E-state index contributed by atoms with van der Waals surface area (Å²) in [5.74, 6) is 0.788. The number of pyridine rings is 2. The molecule has 0 saturated carbocycles. The topological polar surface area (TPSA) is 49.8 Å². The molecular formula is C20H18F2N4. The van der Waals surface area contributed by atoms with Crippen LogP contribution in [0.25, 0.3) is 0 Å². The van der Waals surface area contributed by atoms with Gasteiger partial charge in [0.05, 0.1) is 0 Å². The number of aromatic nitrogens is 2. The van der Waals surface area contributed by atoms with E-state index in [1.165, 1.54) is 23.8 Å². The van der Waals surface area contributed by atoms with Crippen LogP contribution in [0.5, 0.6) is 0 Å². The Labute approximate surface area is 150 Å². The van der Waals surface area contributed by atoms with E-state index in [1.54, 1.807) is 12.4 Å². The van der Waals surface area contributed by atoms with E-state index in [-0.39, 0.29) is 12.1 Å². The lowest BCUT2D eigenvalue weighted by Crippen LogP contribution is -2.07. The van der Waals surface area contributed by atoms with Crippen molar-refractivity contribution in [2.24, 2.45) is 0 Å².